The highest BCUT2D eigenvalue weighted by Gasteiger charge is 2.68. The number of rotatable bonds is 2. The molecule has 1 aliphatic carbocycles. The maximum atomic E-state index is 11.5. The van der Waals surface area contributed by atoms with E-state index < -0.39 is 5.97 Å². The van der Waals surface area contributed by atoms with Crippen molar-refractivity contribution in [3.8, 4) is 0 Å². The Morgan fingerprint density at radius 1 is 1.24 bits per heavy atom. The van der Waals surface area contributed by atoms with Gasteiger partial charge >= 0.3 is 5.97 Å². The van der Waals surface area contributed by atoms with Gasteiger partial charge in [-0.1, -0.05) is 13.8 Å². The van der Waals surface area contributed by atoms with E-state index in [0.29, 0.717) is 5.92 Å². The van der Waals surface area contributed by atoms with Crippen LogP contribution in [0.5, 0.6) is 0 Å². The molecule has 1 spiro atoms. The Hall–Kier alpha value is -0.610. The second-order valence-electron chi connectivity index (χ2n) is 9.86. The van der Waals surface area contributed by atoms with Crippen LogP contribution in [-0.2, 0) is 9.53 Å². The summed E-state index contributed by atoms with van der Waals surface area (Å²) in [4.78, 5) is 11.5. The molecule has 5 heteroatoms. The lowest BCUT2D eigenvalue weighted by Crippen LogP contribution is -3.00. The van der Waals surface area contributed by atoms with Crippen molar-refractivity contribution >= 4 is 11.7 Å². The normalized spacial score (nSPS) is 48.4. The first-order valence-corrected chi connectivity index (χ1v) is 9.68. The fraction of sp³-hybridized carbons (Fsp3) is 0.900. The van der Waals surface area contributed by atoms with Crippen molar-refractivity contribution in [1.29, 1.82) is 0 Å². The molecule has 0 aromatic carbocycles. The van der Waals surface area contributed by atoms with Crippen LogP contribution in [0.4, 0.5) is 0 Å². The molecule has 1 saturated carbocycles. The van der Waals surface area contributed by atoms with Crippen LogP contribution in [0, 0.1) is 16.7 Å². The van der Waals surface area contributed by atoms with E-state index in [2.05, 4.69) is 32.3 Å². The molecule has 0 aromatic heterocycles. The highest BCUT2D eigenvalue weighted by Crippen LogP contribution is 2.60. The van der Waals surface area contributed by atoms with Gasteiger partial charge in [0.25, 0.3) is 5.72 Å². The van der Waals surface area contributed by atoms with Crippen LogP contribution in [0.15, 0.2) is 0 Å². The lowest BCUT2D eigenvalue weighted by atomic mass is 9.52. The van der Waals surface area contributed by atoms with Gasteiger partial charge in [-0.15, -0.1) is 0 Å². The van der Waals surface area contributed by atoms with Crippen LogP contribution in [0.2, 0.25) is 0 Å². The van der Waals surface area contributed by atoms with Crippen molar-refractivity contribution in [3.63, 3.8) is 0 Å². The molecule has 1 N–H and O–H groups in total. The summed E-state index contributed by atoms with van der Waals surface area (Å²) >= 11 is 0. The van der Waals surface area contributed by atoms with E-state index in [1.165, 1.54) is 5.71 Å². The molecule has 0 radical (unpaired) electrons. The van der Waals surface area contributed by atoms with E-state index in [1.54, 1.807) is 0 Å². The van der Waals surface area contributed by atoms with E-state index in [4.69, 9.17) is 4.74 Å². The number of fused-ring (bicyclic) bond motifs is 2. The van der Waals surface area contributed by atoms with Crippen LogP contribution >= 0.6 is 0 Å². The maximum Gasteiger partial charge on any atom is 0.303 e. The molecule has 4 nitrogen and oxygen atoms in total. The van der Waals surface area contributed by atoms with Crippen molar-refractivity contribution in [3.05, 3.63) is 0 Å². The Balaban J connectivity index is 0.00000182. The lowest BCUT2D eigenvalue weighted by molar-refractivity contribution is -0.634. The van der Waals surface area contributed by atoms with Gasteiger partial charge in [-0.05, 0) is 50.9 Å². The van der Waals surface area contributed by atoms with Crippen molar-refractivity contribution in [1.82, 2.24) is 0 Å². The van der Waals surface area contributed by atoms with E-state index in [9.17, 15) is 9.90 Å². The van der Waals surface area contributed by atoms with Gasteiger partial charge in [0.2, 0.25) is 0 Å². The van der Waals surface area contributed by atoms with Crippen LogP contribution in [0.3, 0.4) is 0 Å². The molecule has 3 heterocycles. The number of nitrogens with zero attached hydrogens (tertiary/aromatic N) is 1. The molecule has 0 unspecified atom stereocenters. The number of halogens is 1. The Labute approximate surface area is 157 Å². The zero-order valence-electron chi connectivity index (χ0n) is 16.0. The Morgan fingerprint density at radius 2 is 1.96 bits per heavy atom. The van der Waals surface area contributed by atoms with Crippen molar-refractivity contribution in [2.45, 2.75) is 90.4 Å². The molecule has 4 rings (SSSR count). The summed E-state index contributed by atoms with van der Waals surface area (Å²) in [6.45, 7) is 10.2. The molecule has 142 valence electrons. The van der Waals surface area contributed by atoms with Gasteiger partial charge in [-0.3, -0.25) is 4.79 Å². The van der Waals surface area contributed by atoms with Crippen molar-refractivity contribution in [2.75, 3.05) is 6.54 Å². The largest absolute Gasteiger partial charge is 1.00 e. The third-order valence-electron chi connectivity index (χ3n) is 7.86. The average Bonchev–Trinajstić information content (AvgIpc) is 2.66. The first-order valence-electron chi connectivity index (χ1n) is 9.68. The summed E-state index contributed by atoms with van der Waals surface area (Å²) in [6, 6.07) is 0. The SMILES string of the molecule is C[C@H]1C[C@@]2(C)C[N+]3=C4CCC[C@](C)(CC(=O)O)[C@]4(C)CC[C@@]3(C1)O2.[Cl-]. The van der Waals surface area contributed by atoms with Crippen LogP contribution in [-0.4, -0.2) is 39.2 Å². The average molecular weight is 370 g/mol. The predicted molar refractivity (Wildman–Crippen MR) is 92.3 cm³/mol. The molecule has 3 aliphatic heterocycles. The third kappa shape index (κ3) is 2.58. The Kier molecular flexibility index (Phi) is 4.36. The summed E-state index contributed by atoms with van der Waals surface area (Å²) in [6.07, 6.45) is 7.89. The molecule has 0 amide bonds. The molecule has 25 heavy (non-hydrogen) atoms. The summed E-state index contributed by atoms with van der Waals surface area (Å²) in [5, 5.41) is 9.50. The van der Waals surface area contributed by atoms with Gasteiger partial charge in [0, 0.05) is 19.3 Å². The van der Waals surface area contributed by atoms with Gasteiger partial charge in [-0.2, -0.15) is 0 Å². The van der Waals surface area contributed by atoms with Crippen LogP contribution in [0.25, 0.3) is 0 Å². The Morgan fingerprint density at radius 3 is 2.64 bits per heavy atom. The minimum absolute atomic E-state index is 0. The number of hydrogen-bond acceptors (Lipinski definition) is 2. The number of carboxylic acid groups (broad SMARTS) is 1. The van der Waals surface area contributed by atoms with Gasteiger partial charge in [0.15, 0.2) is 12.3 Å². The highest BCUT2D eigenvalue weighted by atomic mass is 35.5. The second-order valence-corrected chi connectivity index (χ2v) is 9.86. The van der Waals surface area contributed by atoms with Gasteiger partial charge in [-0.25, -0.2) is 4.58 Å². The molecule has 3 fully saturated rings. The first kappa shape index (κ1) is 19.2. The number of aliphatic carboxylic acids is 1. The second kappa shape index (κ2) is 5.69. The monoisotopic (exact) mass is 369 g/mol. The summed E-state index contributed by atoms with van der Waals surface area (Å²) in [5.41, 5.74) is 1.22. The summed E-state index contributed by atoms with van der Waals surface area (Å²) in [5.74, 6) is 0.0463. The van der Waals surface area contributed by atoms with Crippen LogP contribution < -0.4 is 12.4 Å². The lowest BCUT2D eigenvalue weighted by Gasteiger charge is -2.52. The minimum atomic E-state index is -0.655. The number of carbonyl (C=O) groups is 1. The predicted octanol–water partition coefficient (Wildman–Crippen LogP) is 0.824. The number of carboxylic acids is 1. The molecule has 4 aliphatic rings. The van der Waals surface area contributed by atoms with E-state index in [1.807, 2.05) is 0 Å². The fourth-order valence-corrected chi connectivity index (χ4v) is 6.75. The molecule has 0 aromatic rings. The zero-order chi connectivity index (χ0) is 17.4. The fourth-order valence-electron chi connectivity index (χ4n) is 6.75. The maximum absolute atomic E-state index is 11.5. The van der Waals surface area contributed by atoms with E-state index >= 15 is 0 Å². The molecule has 2 saturated heterocycles. The van der Waals surface area contributed by atoms with Gasteiger partial charge < -0.3 is 22.3 Å². The quantitative estimate of drug-likeness (QED) is 0.733. The van der Waals surface area contributed by atoms with Crippen LogP contribution in [0.1, 0.15) is 79.1 Å². The van der Waals surface area contributed by atoms with Crippen molar-refractivity contribution < 1.29 is 31.6 Å². The van der Waals surface area contributed by atoms with E-state index in [-0.39, 0.29) is 41.0 Å². The zero-order valence-corrected chi connectivity index (χ0v) is 16.8. The number of hydrogen-bond donors (Lipinski definition) is 1. The Bertz CT molecular complexity index is 634. The highest BCUT2D eigenvalue weighted by molar-refractivity contribution is 5.88. The topological polar surface area (TPSA) is 49.5 Å². The molecule has 5 atom stereocenters. The molecule has 2 bridgehead atoms. The summed E-state index contributed by atoms with van der Waals surface area (Å²) in [7, 11) is 0. The van der Waals surface area contributed by atoms with Gasteiger partial charge in [0.05, 0.1) is 11.8 Å². The van der Waals surface area contributed by atoms with E-state index in [0.717, 1.165) is 51.5 Å². The minimum Gasteiger partial charge on any atom is -1.00 e. The first-order chi connectivity index (χ1) is 11.1. The third-order valence-corrected chi connectivity index (χ3v) is 7.86. The molecular weight excluding hydrogens is 338 g/mol. The standard InChI is InChI=1S/C20H31NO3.ClH/c1-14-10-18(3)13-21-15-6-5-7-17(2,12-16(22)23)19(15,4)8-9-20(21,11-14)24-18;/h14H,5-13H2,1-4H3;1H/t14-,17+,18-,19+,20-;/m0./s1. The smallest absolute Gasteiger partial charge is 0.303 e. The summed E-state index contributed by atoms with van der Waals surface area (Å²) < 4.78 is 9.29. The number of ether oxygens (including phenoxy) is 1. The van der Waals surface area contributed by atoms with Gasteiger partial charge in [0.1, 0.15) is 5.60 Å². The van der Waals surface area contributed by atoms with Crippen molar-refractivity contribution in [2.24, 2.45) is 16.7 Å². The molecular formula is C20H32ClNO3.